The van der Waals surface area contributed by atoms with E-state index in [2.05, 4.69) is 30.9 Å². The molecule has 1 N–H and O–H groups in total. The van der Waals surface area contributed by atoms with Crippen molar-refractivity contribution in [1.29, 1.82) is 5.26 Å². The number of likely N-dealkylation sites (tertiary alicyclic amines) is 1. The molecule has 1 saturated heterocycles. The van der Waals surface area contributed by atoms with E-state index >= 15 is 0 Å². The molecule has 0 aliphatic carbocycles. The lowest BCUT2D eigenvalue weighted by molar-refractivity contribution is -0.134. The normalized spacial score (nSPS) is 17.8. The van der Waals surface area contributed by atoms with Crippen LogP contribution in [0, 0.1) is 16.7 Å². The summed E-state index contributed by atoms with van der Waals surface area (Å²) in [4.78, 5) is 18.0. The molecular weight excluding hydrogens is 294 g/mol. The highest BCUT2D eigenvalue weighted by Gasteiger charge is 2.27. The number of aliphatic hydroxyl groups is 1. The fourth-order valence-corrected chi connectivity index (χ4v) is 2.99. The second kappa shape index (κ2) is 7.09. The van der Waals surface area contributed by atoms with Gasteiger partial charge in [0.25, 0.3) is 5.82 Å². The minimum Gasteiger partial charge on any atom is -0.393 e. The number of nitriles is 1. The SMILES string of the molecule is CC(C)(C)CC(O)CC(=O)N1CCC(n2cnc(C#N)n2)CC1. The van der Waals surface area contributed by atoms with Gasteiger partial charge in [0.05, 0.1) is 18.6 Å². The fourth-order valence-electron chi connectivity index (χ4n) is 2.99. The molecule has 1 amide bonds. The van der Waals surface area contributed by atoms with Crippen LogP contribution in [0.5, 0.6) is 0 Å². The van der Waals surface area contributed by atoms with Gasteiger partial charge in [-0.2, -0.15) is 5.26 Å². The van der Waals surface area contributed by atoms with Crippen molar-refractivity contribution in [2.75, 3.05) is 13.1 Å². The number of amides is 1. The van der Waals surface area contributed by atoms with Crippen LogP contribution < -0.4 is 0 Å². The van der Waals surface area contributed by atoms with Crippen molar-refractivity contribution >= 4 is 5.91 Å². The summed E-state index contributed by atoms with van der Waals surface area (Å²) in [6, 6.07) is 2.09. The Labute approximate surface area is 136 Å². The van der Waals surface area contributed by atoms with Gasteiger partial charge in [-0.15, -0.1) is 5.10 Å². The van der Waals surface area contributed by atoms with E-state index in [1.807, 2.05) is 11.0 Å². The molecule has 7 nitrogen and oxygen atoms in total. The minimum absolute atomic E-state index is 0.0107. The highest BCUT2D eigenvalue weighted by molar-refractivity contribution is 5.76. The summed E-state index contributed by atoms with van der Waals surface area (Å²) in [5.74, 6) is 0.185. The molecule has 2 heterocycles. The van der Waals surface area contributed by atoms with Crippen molar-refractivity contribution in [3.63, 3.8) is 0 Å². The molecule has 0 spiro atoms. The van der Waals surface area contributed by atoms with E-state index in [1.54, 1.807) is 11.0 Å². The molecule has 1 aliphatic rings. The van der Waals surface area contributed by atoms with Crippen molar-refractivity contribution in [1.82, 2.24) is 19.7 Å². The van der Waals surface area contributed by atoms with Gasteiger partial charge >= 0.3 is 0 Å². The third-order valence-corrected chi connectivity index (χ3v) is 4.06. The van der Waals surface area contributed by atoms with Crippen LogP contribution in [-0.2, 0) is 4.79 Å². The lowest BCUT2D eigenvalue weighted by Crippen LogP contribution is -2.40. The first-order valence-corrected chi connectivity index (χ1v) is 8.05. The number of aromatic nitrogens is 3. The number of aliphatic hydroxyl groups excluding tert-OH is 1. The Morgan fingerprint density at radius 1 is 1.48 bits per heavy atom. The summed E-state index contributed by atoms with van der Waals surface area (Å²) in [5, 5.41) is 22.9. The van der Waals surface area contributed by atoms with Crippen LogP contribution in [0.2, 0.25) is 0 Å². The van der Waals surface area contributed by atoms with Crippen molar-refractivity contribution in [3.8, 4) is 6.07 Å². The average Bonchev–Trinajstić information content (AvgIpc) is 2.94. The van der Waals surface area contributed by atoms with Gasteiger partial charge in [0.15, 0.2) is 0 Å². The quantitative estimate of drug-likeness (QED) is 0.907. The van der Waals surface area contributed by atoms with Crippen molar-refractivity contribution < 1.29 is 9.90 Å². The molecular formula is C16H25N5O2. The molecule has 0 saturated carbocycles. The average molecular weight is 319 g/mol. The molecule has 0 aromatic carbocycles. The summed E-state index contributed by atoms with van der Waals surface area (Å²) < 4.78 is 1.72. The van der Waals surface area contributed by atoms with E-state index in [1.165, 1.54) is 0 Å². The predicted octanol–water partition coefficient (Wildman–Crippen LogP) is 1.50. The molecule has 1 fully saturated rings. The van der Waals surface area contributed by atoms with Crippen molar-refractivity contribution in [2.45, 2.75) is 58.6 Å². The van der Waals surface area contributed by atoms with E-state index in [4.69, 9.17) is 5.26 Å². The van der Waals surface area contributed by atoms with Crippen LogP contribution in [-0.4, -0.2) is 49.9 Å². The molecule has 1 aromatic heterocycles. The second-order valence-corrected chi connectivity index (χ2v) is 7.39. The Balaban J connectivity index is 1.82. The maximum absolute atomic E-state index is 12.3. The molecule has 7 heteroatoms. The lowest BCUT2D eigenvalue weighted by Gasteiger charge is -2.33. The minimum atomic E-state index is -0.589. The summed E-state index contributed by atoms with van der Waals surface area (Å²) in [6.45, 7) is 7.46. The summed E-state index contributed by atoms with van der Waals surface area (Å²) in [7, 11) is 0. The zero-order chi connectivity index (χ0) is 17.0. The number of hydrogen-bond donors (Lipinski definition) is 1. The Morgan fingerprint density at radius 3 is 2.65 bits per heavy atom. The number of rotatable bonds is 4. The Hall–Kier alpha value is -1.94. The maximum Gasteiger partial charge on any atom is 0.252 e. The summed E-state index contributed by atoms with van der Waals surface area (Å²) >= 11 is 0. The molecule has 0 bridgehead atoms. The second-order valence-electron chi connectivity index (χ2n) is 7.39. The van der Waals surface area contributed by atoms with Gasteiger partial charge < -0.3 is 10.0 Å². The van der Waals surface area contributed by atoms with Gasteiger partial charge in [-0.25, -0.2) is 9.67 Å². The van der Waals surface area contributed by atoms with E-state index in [0.29, 0.717) is 19.5 Å². The zero-order valence-corrected chi connectivity index (χ0v) is 14.1. The summed E-state index contributed by atoms with van der Waals surface area (Å²) in [5.41, 5.74) is 0.0121. The smallest absolute Gasteiger partial charge is 0.252 e. The van der Waals surface area contributed by atoms with E-state index in [9.17, 15) is 9.90 Å². The van der Waals surface area contributed by atoms with Gasteiger partial charge in [-0.05, 0) is 24.7 Å². The third kappa shape index (κ3) is 5.03. The van der Waals surface area contributed by atoms with E-state index < -0.39 is 6.10 Å². The predicted molar refractivity (Wildman–Crippen MR) is 84.3 cm³/mol. The van der Waals surface area contributed by atoms with Gasteiger partial charge in [-0.1, -0.05) is 20.8 Å². The molecule has 23 heavy (non-hydrogen) atoms. The zero-order valence-electron chi connectivity index (χ0n) is 14.1. The lowest BCUT2D eigenvalue weighted by atomic mass is 9.88. The number of hydrogen-bond acceptors (Lipinski definition) is 5. The number of carbonyl (C=O) groups is 1. The Bertz CT molecular complexity index is 576. The number of piperidine rings is 1. The first-order valence-electron chi connectivity index (χ1n) is 8.05. The van der Waals surface area contributed by atoms with Crippen LogP contribution in [0.3, 0.4) is 0 Å². The van der Waals surface area contributed by atoms with Crippen LogP contribution >= 0.6 is 0 Å². The number of nitrogens with zero attached hydrogens (tertiary/aromatic N) is 5. The van der Waals surface area contributed by atoms with E-state index in [-0.39, 0.29) is 29.6 Å². The standard InChI is InChI=1S/C16H25N5O2/c1-16(2,3)9-13(22)8-15(23)20-6-4-12(5-7-20)21-11-18-14(10-17)19-21/h11-13,22H,4-9H2,1-3H3. The fraction of sp³-hybridized carbons (Fsp3) is 0.750. The first-order chi connectivity index (χ1) is 10.8. The first kappa shape index (κ1) is 17.4. The third-order valence-electron chi connectivity index (χ3n) is 4.06. The summed E-state index contributed by atoms with van der Waals surface area (Å²) in [6.07, 6.45) is 3.36. The van der Waals surface area contributed by atoms with Crippen LogP contribution in [0.4, 0.5) is 0 Å². The topological polar surface area (TPSA) is 95.0 Å². The molecule has 2 rings (SSSR count). The van der Waals surface area contributed by atoms with Crippen LogP contribution in [0.25, 0.3) is 0 Å². The largest absolute Gasteiger partial charge is 0.393 e. The van der Waals surface area contributed by atoms with Gasteiger partial charge in [0, 0.05) is 13.1 Å². The molecule has 1 aromatic rings. The van der Waals surface area contributed by atoms with Gasteiger partial charge in [0.2, 0.25) is 5.91 Å². The highest BCUT2D eigenvalue weighted by atomic mass is 16.3. The Kier molecular flexibility index (Phi) is 5.37. The molecule has 1 aliphatic heterocycles. The van der Waals surface area contributed by atoms with Crippen LogP contribution in [0.15, 0.2) is 6.33 Å². The van der Waals surface area contributed by atoms with Gasteiger partial charge in [0.1, 0.15) is 12.4 Å². The molecule has 0 radical (unpaired) electrons. The molecule has 126 valence electrons. The van der Waals surface area contributed by atoms with Crippen LogP contribution in [0.1, 0.15) is 58.3 Å². The monoisotopic (exact) mass is 319 g/mol. The van der Waals surface area contributed by atoms with Crippen molar-refractivity contribution in [2.24, 2.45) is 5.41 Å². The Morgan fingerprint density at radius 2 is 2.13 bits per heavy atom. The number of carbonyl (C=O) groups excluding carboxylic acids is 1. The van der Waals surface area contributed by atoms with Crippen molar-refractivity contribution in [3.05, 3.63) is 12.2 Å². The van der Waals surface area contributed by atoms with Gasteiger partial charge in [-0.3, -0.25) is 4.79 Å². The molecule has 1 unspecified atom stereocenters. The van der Waals surface area contributed by atoms with E-state index in [0.717, 1.165) is 12.8 Å². The maximum atomic E-state index is 12.3. The molecule has 1 atom stereocenters. The highest BCUT2D eigenvalue weighted by Crippen LogP contribution is 2.25.